The second-order valence-electron chi connectivity index (χ2n) is 3.84. The highest BCUT2D eigenvalue weighted by atomic mass is 19.1. The molecule has 0 aliphatic heterocycles. The van der Waals surface area contributed by atoms with E-state index in [1.165, 1.54) is 18.2 Å². The van der Waals surface area contributed by atoms with Crippen molar-refractivity contribution in [1.29, 1.82) is 0 Å². The fraction of sp³-hybridized carbons (Fsp3) is 0.143. The van der Waals surface area contributed by atoms with Crippen LogP contribution >= 0.6 is 0 Å². The molecule has 18 heavy (non-hydrogen) atoms. The summed E-state index contributed by atoms with van der Waals surface area (Å²) in [5.74, 6) is -0.261. The Balaban J connectivity index is 2.10. The molecule has 2 aromatic carbocycles. The fourth-order valence-electron chi connectivity index (χ4n) is 1.61. The van der Waals surface area contributed by atoms with Gasteiger partial charge in [0.05, 0.1) is 0 Å². The number of ether oxygens (including phenoxy) is 1. The van der Waals surface area contributed by atoms with Gasteiger partial charge in [0.1, 0.15) is 24.0 Å². The van der Waals surface area contributed by atoms with E-state index in [-0.39, 0.29) is 24.8 Å². The summed E-state index contributed by atoms with van der Waals surface area (Å²) in [5.41, 5.74) is 6.63. The van der Waals surface area contributed by atoms with Crippen LogP contribution in [0.4, 0.5) is 8.78 Å². The fourth-order valence-corrected chi connectivity index (χ4v) is 1.61. The van der Waals surface area contributed by atoms with E-state index >= 15 is 0 Å². The molecule has 0 aliphatic rings. The van der Waals surface area contributed by atoms with Crippen LogP contribution in [0.1, 0.15) is 11.1 Å². The second kappa shape index (κ2) is 5.60. The molecule has 0 saturated heterocycles. The number of halogens is 2. The SMILES string of the molecule is NCc1c(F)cccc1OCc1ccc(F)cc1. The lowest BCUT2D eigenvalue weighted by molar-refractivity contribution is 0.300. The monoisotopic (exact) mass is 249 g/mol. The third kappa shape index (κ3) is 2.84. The standard InChI is InChI=1S/C14H13F2NO/c15-11-6-4-10(5-7-11)9-18-14-3-1-2-13(16)12(14)8-17/h1-7H,8-9,17H2. The van der Waals surface area contributed by atoms with Crippen LogP contribution in [-0.4, -0.2) is 0 Å². The van der Waals surface area contributed by atoms with Crippen LogP contribution < -0.4 is 10.5 Å². The van der Waals surface area contributed by atoms with Gasteiger partial charge in [0.2, 0.25) is 0 Å². The van der Waals surface area contributed by atoms with Crippen molar-refractivity contribution in [2.24, 2.45) is 5.73 Å². The molecule has 0 fully saturated rings. The molecular weight excluding hydrogens is 236 g/mol. The van der Waals surface area contributed by atoms with Crippen LogP contribution in [-0.2, 0) is 13.2 Å². The van der Waals surface area contributed by atoms with Crippen LogP contribution in [0.15, 0.2) is 42.5 Å². The molecule has 2 N–H and O–H groups in total. The Labute approximate surface area is 104 Å². The third-order valence-corrected chi connectivity index (χ3v) is 2.59. The van der Waals surface area contributed by atoms with Gasteiger partial charge in [-0.25, -0.2) is 8.78 Å². The van der Waals surface area contributed by atoms with Crippen molar-refractivity contribution in [3.05, 3.63) is 65.2 Å². The lowest BCUT2D eigenvalue weighted by Crippen LogP contribution is -2.05. The molecule has 0 unspecified atom stereocenters. The smallest absolute Gasteiger partial charge is 0.131 e. The molecule has 2 nitrogen and oxygen atoms in total. The van der Waals surface area contributed by atoms with Gasteiger partial charge in [-0.15, -0.1) is 0 Å². The number of hydrogen-bond acceptors (Lipinski definition) is 2. The maximum atomic E-state index is 13.4. The van der Waals surface area contributed by atoms with Gasteiger partial charge in [0, 0.05) is 12.1 Å². The van der Waals surface area contributed by atoms with Crippen molar-refractivity contribution in [2.45, 2.75) is 13.2 Å². The highest BCUT2D eigenvalue weighted by molar-refractivity contribution is 5.34. The minimum absolute atomic E-state index is 0.0748. The van der Waals surface area contributed by atoms with Crippen LogP contribution in [0.5, 0.6) is 5.75 Å². The van der Waals surface area contributed by atoms with Gasteiger partial charge in [-0.2, -0.15) is 0 Å². The second-order valence-corrected chi connectivity index (χ2v) is 3.84. The Morgan fingerprint density at radius 3 is 2.39 bits per heavy atom. The Morgan fingerprint density at radius 1 is 1.00 bits per heavy atom. The Bertz CT molecular complexity index is 526. The molecular formula is C14H13F2NO. The van der Waals surface area contributed by atoms with Gasteiger partial charge in [-0.05, 0) is 29.8 Å². The van der Waals surface area contributed by atoms with E-state index in [9.17, 15) is 8.78 Å². The molecule has 0 saturated carbocycles. The van der Waals surface area contributed by atoms with E-state index in [1.807, 2.05) is 0 Å². The molecule has 0 amide bonds. The molecule has 0 radical (unpaired) electrons. The maximum absolute atomic E-state index is 13.4. The Kier molecular flexibility index (Phi) is 3.89. The van der Waals surface area contributed by atoms with Crippen LogP contribution in [0.2, 0.25) is 0 Å². The summed E-state index contributed by atoms with van der Waals surface area (Å²) in [6.07, 6.45) is 0. The summed E-state index contributed by atoms with van der Waals surface area (Å²) in [5, 5.41) is 0. The largest absolute Gasteiger partial charge is 0.488 e. The molecule has 0 spiro atoms. The first-order valence-electron chi connectivity index (χ1n) is 5.55. The molecule has 0 bridgehead atoms. The summed E-state index contributed by atoms with van der Waals surface area (Å²) in [6, 6.07) is 10.5. The quantitative estimate of drug-likeness (QED) is 0.904. The van der Waals surface area contributed by atoms with Gasteiger partial charge in [0.15, 0.2) is 0 Å². The minimum Gasteiger partial charge on any atom is -0.488 e. The van der Waals surface area contributed by atoms with E-state index in [1.54, 1.807) is 24.3 Å². The predicted octanol–water partition coefficient (Wildman–Crippen LogP) is 3.00. The summed E-state index contributed by atoms with van der Waals surface area (Å²) in [7, 11) is 0. The van der Waals surface area contributed by atoms with E-state index in [0.29, 0.717) is 11.3 Å². The first kappa shape index (κ1) is 12.5. The van der Waals surface area contributed by atoms with Gasteiger partial charge >= 0.3 is 0 Å². The number of rotatable bonds is 4. The number of benzene rings is 2. The highest BCUT2D eigenvalue weighted by Crippen LogP contribution is 2.22. The third-order valence-electron chi connectivity index (χ3n) is 2.59. The number of nitrogens with two attached hydrogens (primary N) is 1. The summed E-state index contributed by atoms with van der Waals surface area (Å²) < 4.78 is 31.6. The zero-order chi connectivity index (χ0) is 13.0. The Hall–Kier alpha value is -1.94. The average molecular weight is 249 g/mol. The summed E-state index contributed by atoms with van der Waals surface area (Å²) >= 11 is 0. The van der Waals surface area contributed by atoms with E-state index in [0.717, 1.165) is 5.56 Å². The van der Waals surface area contributed by atoms with Gasteiger partial charge in [-0.1, -0.05) is 18.2 Å². The van der Waals surface area contributed by atoms with Crippen molar-refractivity contribution < 1.29 is 13.5 Å². The van der Waals surface area contributed by atoms with Gasteiger partial charge < -0.3 is 10.5 Å². The van der Waals surface area contributed by atoms with E-state index in [2.05, 4.69) is 0 Å². The highest BCUT2D eigenvalue weighted by Gasteiger charge is 2.07. The zero-order valence-electron chi connectivity index (χ0n) is 9.70. The lowest BCUT2D eigenvalue weighted by Gasteiger charge is -2.11. The van der Waals surface area contributed by atoms with Crippen LogP contribution in [0.3, 0.4) is 0 Å². The molecule has 0 atom stereocenters. The topological polar surface area (TPSA) is 35.2 Å². The van der Waals surface area contributed by atoms with Crippen molar-refractivity contribution in [1.82, 2.24) is 0 Å². The van der Waals surface area contributed by atoms with E-state index in [4.69, 9.17) is 10.5 Å². The van der Waals surface area contributed by atoms with Crippen molar-refractivity contribution in [3.8, 4) is 5.75 Å². The molecule has 0 aromatic heterocycles. The van der Waals surface area contributed by atoms with Crippen LogP contribution in [0.25, 0.3) is 0 Å². The van der Waals surface area contributed by atoms with Gasteiger partial charge in [-0.3, -0.25) is 0 Å². The zero-order valence-corrected chi connectivity index (χ0v) is 9.70. The van der Waals surface area contributed by atoms with Crippen molar-refractivity contribution >= 4 is 0 Å². The molecule has 4 heteroatoms. The number of hydrogen-bond donors (Lipinski definition) is 1. The molecule has 0 heterocycles. The maximum Gasteiger partial charge on any atom is 0.131 e. The van der Waals surface area contributed by atoms with Gasteiger partial charge in [0.25, 0.3) is 0 Å². The molecule has 94 valence electrons. The minimum atomic E-state index is -0.380. The molecule has 2 rings (SSSR count). The molecule has 0 aliphatic carbocycles. The van der Waals surface area contributed by atoms with Crippen LogP contribution in [0, 0.1) is 11.6 Å². The summed E-state index contributed by atoms with van der Waals surface area (Å²) in [4.78, 5) is 0. The average Bonchev–Trinajstić information content (AvgIpc) is 2.38. The Morgan fingerprint density at radius 2 is 1.72 bits per heavy atom. The predicted molar refractivity (Wildman–Crippen MR) is 65.0 cm³/mol. The first-order chi connectivity index (χ1) is 8.70. The normalized spacial score (nSPS) is 10.4. The van der Waals surface area contributed by atoms with Crippen molar-refractivity contribution in [3.63, 3.8) is 0 Å². The van der Waals surface area contributed by atoms with Crippen molar-refractivity contribution in [2.75, 3.05) is 0 Å². The summed E-state index contributed by atoms with van der Waals surface area (Å²) in [6.45, 7) is 0.322. The first-order valence-corrected chi connectivity index (χ1v) is 5.55. The van der Waals surface area contributed by atoms with E-state index < -0.39 is 0 Å². The molecule has 2 aromatic rings. The lowest BCUT2D eigenvalue weighted by atomic mass is 10.2.